The summed E-state index contributed by atoms with van der Waals surface area (Å²) in [6.07, 6.45) is 9.29. The monoisotopic (exact) mass is 419 g/mol. The first-order chi connectivity index (χ1) is 13.9. The SMILES string of the molecule is O=C(O)C(O)=CC(=O)C1(Cc2ccc(Cl)cc2)CCN(CC2CCCCC2)CC1. The average Bonchev–Trinajstić information content (AvgIpc) is 2.72. The number of carboxylic acid groups (broad SMARTS) is 1. The van der Waals surface area contributed by atoms with Gasteiger partial charge in [-0.3, -0.25) is 4.79 Å². The zero-order valence-electron chi connectivity index (χ0n) is 16.8. The number of carbonyl (C=O) groups excluding carboxylic acids is 1. The lowest BCUT2D eigenvalue weighted by Crippen LogP contribution is -2.46. The molecule has 29 heavy (non-hydrogen) atoms. The van der Waals surface area contributed by atoms with Gasteiger partial charge < -0.3 is 15.1 Å². The van der Waals surface area contributed by atoms with Crippen molar-refractivity contribution in [2.45, 2.75) is 51.4 Å². The Bertz CT molecular complexity index is 745. The van der Waals surface area contributed by atoms with Crippen molar-refractivity contribution >= 4 is 23.4 Å². The van der Waals surface area contributed by atoms with Crippen LogP contribution in [0.2, 0.25) is 5.02 Å². The first-order valence-corrected chi connectivity index (χ1v) is 10.9. The lowest BCUT2D eigenvalue weighted by molar-refractivity contribution is -0.136. The number of aliphatic hydroxyl groups excluding tert-OH is 1. The second-order valence-electron chi connectivity index (χ2n) is 8.59. The maximum atomic E-state index is 13.1. The van der Waals surface area contributed by atoms with E-state index in [2.05, 4.69) is 4.90 Å². The van der Waals surface area contributed by atoms with Crippen molar-refractivity contribution in [1.29, 1.82) is 0 Å². The number of likely N-dealkylation sites (tertiary alicyclic amines) is 1. The number of allylic oxidation sites excluding steroid dienone is 1. The Hall–Kier alpha value is -1.85. The van der Waals surface area contributed by atoms with Crippen molar-refractivity contribution in [2.75, 3.05) is 19.6 Å². The van der Waals surface area contributed by atoms with Gasteiger partial charge in [-0.05, 0) is 68.8 Å². The average molecular weight is 420 g/mol. The van der Waals surface area contributed by atoms with Crippen molar-refractivity contribution in [3.05, 3.63) is 46.7 Å². The topological polar surface area (TPSA) is 77.8 Å². The Kier molecular flexibility index (Phi) is 7.36. The van der Waals surface area contributed by atoms with E-state index in [9.17, 15) is 14.7 Å². The molecule has 1 aliphatic heterocycles. The Morgan fingerprint density at radius 1 is 1.07 bits per heavy atom. The first-order valence-electron chi connectivity index (χ1n) is 10.5. The van der Waals surface area contributed by atoms with E-state index in [1.807, 2.05) is 12.1 Å². The van der Waals surface area contributed by atoms with E-state index in [4.69, 9.17) is 16.7 Å². The third-order valence-electron chi connectivity index (χ3n) is 6.52. The van der Waals surface area contributed by atoms with Crippen LogP contribution >= 0.6 is 11.6 Å². The lowest BCUT2D eigenvalue weighted by atomic mass is 9.70. The van der Waals surface area contributed by atoms with Crippen molar-refractivity contribution in [3.63, 3.8) is 0 Å². The summed E-state index contributed by atoms with van der Waals surface area (Å²) >= 11 is 5.99. The van der Waals surface area contributed by atoms with Gasteiger partial charge in [-0.2, -0.15) is 0 Å². The molecule has 2 aliphatic rings. The molecule has 3 rings (SSSR count). The molecule has 1 saturated heterocycles. The highest BCUT2D eigenvalue weighted by molar-refractivity contribution is 6.30. The highest BCUT2D eigenvalue weighted by Crippen LogP contribution is 2.38. The molecule has 6 heteroatoms. The molecule has 158 valence electrons. The largest absolute Gasteiger partial charge is 0.502 e. The number of benzene rings is 1. The van der Waals surface area contributed by atoms with Crippen LogP contribution in [0.5, 0.6) is 0 Å². The summed E-state index contributed by atoms with van der Waals surface area (Å²) in [5.41, 5.74) is 0.298. The van der Waals surface area contributed by atoms with Gasteiger partial charge in [0.05, 0.1) is 0 Å². The first kappa shape index (κ1) is 21.8. The molecular formula is C23H30ClNO4. The number of nitrogens with zero attached hydrogens (tertiary/aromatic N) is 1. The van der Waals surface area contributed by atoms with E-state index in [1.54, 1.807) is 12.1 Å². The quantitative estimate of drug-likeness (QED) is 0.497. The molecular weight excluding hydrogens is 390 g/mol. The Morgan fingerprint density at radius 3 is 2.28 bits per heavy atom. The lowest BCUT2D eigenvalue weighted by Gasteiger charge is -2.42. The van der Waals surface area contributed by atoms with Gasteiger partial charge in [0, 0.05) is 23.1 Å². The van der Waals surface area contributed by atoms with Crippen molar-refractivity contribution < 1.29 is 19.8 Å². The molecule has 0 radical (unpaired) electrons. The van der Waals surface area contributed by atoms with Crippen LogP contribution in [-0.4, -0.2) is 46.5 Å². The summed E-state index contributed by atoms with van der Waals surface area (Å²) in [7, 11) is 0. The van der Waals surface area contributed by atoms with Crippen LogP contribution in [0.15, 0.2) is 36.1 Å². The van der Waals surface area contributed by atoms with Crippen molar-refractivity contribution in [1.82, 2.24) is 4.90 Å². The number of aliphatic carboxylic acids is 1. The molecule has 1 aliphatic carbocycles. The van der Waals surface area contributed by atoms with Crippen LogP contribution in [0.3, 0.4) is 0 Å². The Morgan fingerprint density at radius 2 is 1.69 bits per heavy atom. The zero-order valence-corrected chi connectivity index (χ0v) is 17.5. The molecule has 0 bridgehead atoms. The predicted molar refractivity (Wildman–Crippen MR) is 113 cm³/mol. The summed E-state index contributed by atoms with van der Waals surface area (Å²) in [6, 6.07) is 7.43. The van der Waals surface area contributed by atoms with Gasteiger partial charge in [0.25, 0.3) is 0 Å². The molecule has 1 aromatic carbocycles. The fourth-order valence-corrected chi connectivity index (χ4v) is 4.87. The van der Waals surface area contributed by atoms with E-state index in [-0.39, 0.29) is 5.78 Å². The molecule has 0 atom stereocenters. The maximum absolute atomic E-state index is 13.1. The molecule has 1 aromatic rings. The Labute approximate surface area is 177 Å². The molecule has 5 nitrogen and oxygen atoms in total. The minimum absolute atomic E-state index is 0.301. The van der Waals surface area contributed by atoms with E-state index in [0.717, 1.165) is 37.2 Å². The van der Waals surface area contributed by atoms with Gasteiger partial charge in [0.1, 0.15) is 0 Å². The number of carbonyl (C=O) groups is 2. The highest BCUT2D eigenvalue weighted by atomic mass is 35.5. The fraction of sp³-hybridized carbons (Fsp3) is 0.565. The van der Waals surface area contributed by atoms with Crippen molar-refractivity contribution in [2.24, 2.45) is 11.3 Å². The summed E-state index contributed by atoms with van der Waals surface area (Å²) in [5.74, 6) is -1.92. The van der Waals surface area contributed by atoms with Crippen LogP contribution in [0.1, 0.15) is 50.5 Å². The number of aliphatic hydroxyl groups is 1. The second kappa shape index (κ2) is 9.77. The minimum Gasteiger partial charge on any atom is -0.502 e. The van der Waals surface area contributed by atoms with Gasteiger partial charge in [-0.1, -0.05) is 43.0 Å². The second-order valence-corrected chi connectivity index (χ2v) is 9.02. The molecule has 0 aromatic heterocycles. The van der Waals surface area contributed by atoms with Crippen LogP contribution in [0, 0.1) is 11.3 Å². The summed E-state index contributed by atoms with van der Waals surface area (Å²) in [4.78, 5) is 26.5. The van der Waals surface area contributed by atoms with Crippen LogP contribution in [-0.2, 0) is 16.0 Å². The molecule has 0 spiro atoms. The van der Waals surface area contributed by atoms with E-state index in [1.165, 1.54) is 32.1 Å². The fourth-order valence-electron chi connectivity index (χ4n) is 4.74. The normalized spacial score (nSPS) is 21.1. The highest BCUT2D eigenvalue weighted by Gasteiger charge is 2.41. The van der Waals surface area contributed by atoms with Crippen molar-refractivity contribution in [3.8, 4) is 0 Å². The molecule has 0 amide bonds. The standard InChI is InChI=1S/C23H30ClNO4/c24-19-8-6-17(7-9-19)15-23(21(27)14-20(26)22(28)29)10-12-25(13-11-23)16-18-4-2-1-3-5-18/h6-9,14,18,26H,1-5,10-13,15-16H2,(H,28,29). The van der Waals surface area contributed by atoms with Gasteiger partial charge in [0.15, 0.2) is 5.78 Å². The van der Waals surface area contributed by atoms with Crippen LogP contribution in [0.4, 0.5) is 0 Å². The number of rotatable bonds is 7. The number of piperidine rings is 1. The number of carboxylic acids is 1. The van der Waals surface area contributed by atoms with E-state index in [0.29, 0.717) is 24.3 Å². The van der Waals surface area contributed by atoms with Gasteiger partial charge in [-0.25, -0.2) is 4.79 Å². The molecule has 2 N–H and O–H groups in total. The number of ketones is 1. The maximum Gasteiger partial charge on any atom is 0.371 e. The number of hydrogen-bond acceptors (Lipinski definition) is 4. The van der Waals surface area contributed by atoms with E-state index < -0.39 is 17.1 Å². The molecule has 1 heterocycles. The van der Waals surface area contributed by atoms with E-state index >= 15 is 0 Å². The van der Waals surface area contributed by atoms with Crippen LogP contribution < -0.4 is 0 Å². The molecule has 1 saturated carbocycles. The number of halogens is 1. The summed E-state index contributed by atoms with van der Waals surface area (Å²) in [6.45, 7) is 2.72. The molecule has 0 unspecified atom stereocenters. The third kappa shape index (κ3) is 5.83. The summed E-state index contributed by atoms with van der Waals surface area (Å²) in [5, 5.41) is 19.2. The minimum atomic E-state index is -1.48. The van der Waals surface area contributed by atoms with Gasteiger partial charge in [0.2, 0.25) is 5.76 Å². The smallest absolute Gasteiger partial charge is 0.371 e. The number of hydrogen-bond donors (Lipinski definition) is 2. The van der Waals surface area contributed by atoms with Gasteiger partial charge in [-0.15, -0.1) is 0 Å². The molecule has 2 fully saturated rings. The zero-order chi connectivity index (χ0) is 20.9. The Balaban J connectivity index is 1.73. The predicted octanol–water partition coefficient (Wildman–Crippen LogP) is 4.64. The van der Waals surface area contributed by atoms with Gasteiger partial charge >= 0.3 is 5.97 Å². The summed E-state index contributed by atoms with van der Waals surface area (Å²) < 4.78 is 0. The third-order valence-corrected chi connectivity index (χ3v) is 6.77. The van der Waals surface area contributed by atoms with Crippen LogP contribution in [0.25, 0.3) is 0 Å².